The maximum atomic E-state index is 11.3. The zero-order chi connectivity index (χ0) is 11.6. The van der Waals surface area contributed by atoms with E-state index in [-0.39, 0.29) is 30.4 Å². The molecule has 1 fully saturated rings. The van der Waals surface area contributed by atoms with Crippen molar-refractivity contribution in [2.45, 2.75) is 45.6 Å². The standard InChI is InChI=1S/C10H15NO4/c1-4-10(3,7(2)12)15-11-8(13)5-6-9(11)14/h4-6H2,1-3H3/t10-/m1/s1. The third-order valence-corrected chi connectivity index (χ3v) is 2.72. The van der Waals surface area contributed by atoms with E-state index in [9.17, 15) is 14.4 Å². The van der Waals surface area contributed by atoms with Gasteiger partial charge in [0.05, 0.1) is 0 Å². The number of ketones is 1. The highest BCUT2D eigenvalue weighted by molar-refractivity contribution is 6.01. The fourth-order valence-corrected chi connectivity index (χ4v) is 1.24. The minimum absolute atomic E-state index is 0.163. The van der Waals surface area contributed by atoms with Gasteiger partial charge in [-0.1, -0.05) is 6.92 Å². The maximum Gasteiger partial charge on any atom is 0.254 e. The van der Waals surface area contributed by atoms with Crippen LogP contribution in [-0.4, -0.2) is 28.3 Å². The summed E-state index contributed by atoms with van der Waals surface area (Å²) in [6, 6.07) is 0. The van der Waals surface area contributed by atoms with Crippen molar-refractivity contribution in [3.63, 3.8) is 0 Å². The summed E-state index contributed by atoms with van der Waals surface area (Å²) in [5, 5.41) is 0.727. The van der Waals surface area contributed by atoms with Crippen molar-refractivity contribution in [2.24, 2.45) is 0 Å². The fourth-order valence-electron chi connectivity index (χ4n) is 1.24. The largest absolute Gasteiger partial charge is 0.297 e. The lowest BCUT2D eigenvalue weighted by Gasteiger charge is -2.28. The smallest absolute Gasteiger partial charge is 0.254 e. The zero-order valence-electron chi connectivity index (χ0n) is 9.20. The molecule has 1 rings (SSSR count). The molecule has 1 aliphatic heterocycles. The Hall–Kier alpha value is -1.23. The number of hydrogen-bond acceptors (Lipinski definition) is 4. The summed E-state index contributed by atoms with van der Waals surface area (Å²) < 4.78 is 0. The van der Waals surface area contributed by atoms with Gasteiger partial charge >= 0.3 is 0 Å². The average molecular weight is 213 g/mol. The van der Waals surface area contributed by atoms with Crippen LogP contribution in [0.25, 0.3) is 0 Å². The Kier molecular flexibility index (Phi) is 3.24. The van der Waals surface area contributed by atoms with Crippen LogP contribution in [0.5, 0.6) is 0 Å². The average Bonchev–Trinajstić information content (AvgIpc) is 2.49. The van der Waals surface area contributed by atoms with E-state index in [1.165, 1.54) is 6.92 Å². The van der Waals surface area contributed by atoms with Gasteiger partial charge in [-0.2, -0.15) is 5.06 Å². The van der Waals surface area contributed by atoms with Crippen molar-refractivity contribution in [3.8, 4) is 0 Å². The number of amides is 2. The van der Waals surface area contributed by atoms with Crippen LogP contribution in [0.4, 0.5) is 0 Å². The van der Waals surface area contributed by atoms with Crippen LogP contribution in [0.15, 0.2) is 0 Å². The number of hydroxylamine groups is 2. The Labute approximate surface area is 88.3 Å². The first kappa shape index (κ1) is 11.8. The lowest BCUT2D eigenvalue weighted by molar-refractivity contribution is -0.224. The van der Waals surface area contributed by atoms with Crippen molar-refractivity contribution in [2.75, 3.05) is 0 Å². The zero-order valence-corrected chi connectivity index (χ0v) is 9.20. The summed E-state index contributed by atoms with van der Waals surface area (Å²) in [6.45, 7) is 4.73. The van der Waals surface area contributed by atoms with E-state index in [1.54, 1.807) is 13.8 Å². The second-order valence-corrected chi connectivity index (χ2v) is 3.81. The van der Waals surface area contributed by atoms with Gasteiger partial charge in [0, 0.05) is 12.8 Å². The van der Waals surface area contributed by atoms with E-state index in [4.69, 9.17) is 4.84 Å². The number of imide groups is 1. The number of rotatable bonds is 4. The SMILES string of the molecule is CC[C@@](C)(ON1C(=O)CCC1=O)C(C)=O. The molecular formula is C10H15NO4. The molecule has 5 heteroatoms. The Morgan fingerprint density at radius 1 is 1.40 bits per heavy atom. The molecular weight excluding hydrogens is 198 g/mol. The first-order chi connectivity index (χ1) is 6.90. The number of nitrogens with zero attached hydrogens (tertiary/aromatic N) is 1. The highest BCUT2D eigenvalue weighted by atomic mass is 16.7. The quantitative estimate of drug-likeness (QED) is 0.649. The first-order valence-electron chi connectivity index (χ1n) is 4.96. The van der Waals surface area contributed by atoms with Gasteiger partial charge in [0.25, 0.3) is 11.8 Å². The lowest BCUT2D eigenvalue weighted by Crippen LogP contribution is -2.45. The lowest BCUT2D eigenvalue weighted by atomic mass is 9.99. The third-order valence-electron chi connectivity index (χ3n) is 2.72. The number of carbonyl (C=O) groups excluding carboxylic acids is 3. The topological polar surface area (TPSA) is 63.7 Å². The van der Waals surface area contributed by atoms with E-state index in [1.807, 2.05) is 0 Å². The predicted octanol–water partition coefficient (Wildman–Crippen LogP) is 0.825. The Morgan fingerprint density at radius 2 is 1.87 bits per heavy atom. The Morgan fingerprint density at radius 3 is 2.20 bits per heavy atom. The summed E-state index contributed by atoms with van der Waals surface area (Å²) in [4.78, 5) is 39.1. The van der Waals surface area contributed by atoms with Crippen molar-refractivity contribution >= 4 is 17.6 Å². The minimum Gasteiger partial charge on any atom is -0.297 e. The van der Waals surface area contributed by atoms with E-state index in [0.29, 0.717) is 6.42 Å². The van der Waals surface area contributed by atoms with Crippen molar-refractivity contribution in [3.05, 3.63) is 0 Å². The van der Waals surface area contributed by atoms with Crippen LogP contribution in [0.2, 0.25) is 0 Å². The molecule has 1 aliphatic rings. The molecule has 1 heterocycles. The number of carbonyl (C=O) groups is 3. The summed E-state index contributed by atoms with van der Waals surface area (Å²) >= 11 is 0. The second-order valence-electron chi connectivity index (χ2n) is 3.81. The van der Waals surface area contributed by atoms with Gasteiger partial charge in [0.1, 0.15) is 0 Å². The van der Waals surface area contributed by atoms with Gasteiger partial charge in [0.15, 0.2) is 11.4 Å². The molecule has 0 aromatic heterocycles. The molecule has 84 valence electrons. The van der Waals surface area contributed by atoms with Crippen LogP contribution >= 0.6 is 0 Å². The van der Waals surface area contributed by atoms with Crippen LogP contribution in [-0.2, 0) is 19.2 Å². The summed E-state index contributed by atoms with van der Waals surface area (Å²) in [5.74, 6) is -0.945. The summed E-state index contributed by atoms with van der Waals surface area (Å²) in [5.41, 5.74) is -1.09. The van der Waals surface area contributed by atoms with Crippen LogP contribution in [0.3, 0.4) is 0 Å². The van der Waals surface area contributed by atoms with Crippen molar-refractivity contribution in [1.29, 1.82) is 0 Å². The Balaban J connectivity index is 2.79. The van der Waals surface area contributed by atoms with E-state index in [0.717, 1.165) is 5.06 Å². The van der Waals surface area contributed by atoms with Gasteiger partial charge in [-0.3, -0.25) is 14.4 Å². The molecule has 1 saturated heterocycles. The van der Waals surface area contributed by atoms with Gasteiger partial charge < -0.3 is 0 Å². The molecule has 0 saturated carbocycles. The molecule has 0 radical (unpaired) electrons. The van der Waals surface area contributed by atoms with Gasteiger partial charge in [-0.05, 0) is 20.3 Å². The van der Waals surface area contributed by atoms with E-state index < -0.39 is 5.60 Å². The van der Waals surface area contributed by atoms with Gasteiger partial charge in [-0.15, -0.1) is 0 Å². The highest BCUT2D eigenvalue weighted by Crippen LogP contribution is 2.22. The molecule has 0 spiro atoms. The molecule has 1 atom stereocenters. The number of Topliss-reactive ketones (excluding diaryl/α,β-unsaturated/α-hetero) is 1. The van der Waals surface area contributed by atoms with E-state index >= 15 is 0 Å². The molecule has 0 N–H and O–H groups in total. The molecule has 0 aliphatic carbocycles. The molecule has 0 bridgehead atoms. The normalized spacial score (nSPS) is 20.6. The fraction of sp³-hybridized carbons (Fsp3) is 0.700. The van der Waals surface area contributed by atoms with Gasteiger partial charge in [-0.25, -0.2) is 4.84 Å². The molecule has 2 amide bonds. The second kappa shape index (κ2) is 4.10. The Bertz CT molecular complexity index is 297. The van der Waals surface area contributed by atoms with Crippen LogP contribution in [0.1, 0.15) is 40.0 Å². The molecule has 15 heavy (non-hydrogen) atoms. The third kappa shape index (κ3) is 2.23. The van der Waals surface area contributed by atoms with Gasteiger partial charge in [0.2, 0.25) is 0 Å². The molecule has 0 unspecified atom stereocenters. The first-order valence-corrected chi connectivity index (χ1v) is 4.96. The predicted molar refractivity (Wildman–Crippen MR) is 51.5 cm³/mol. The molecule has 5 nitrogen and oxygen atoms in total. The monoisotopic (exact) mass is 213 g/mol. The van der Waals surface area contributed by atoms with Crippen LogP contribution < -0.4 is 0 Å². The van der Waals surface area contributed by atoms with Crippen LogP contribution in [0, 0.1) is 0 Å². The minimum atomic E-state index is -1.09. The summed E-state index contributed by atoms with van der Waals surface area (Å²) in [6.07, 6.45) is 0.743. The molecule has 0 aromatic rings. The van der Waals surface area contributed by atoms with E-state index in [2.05, 4.69) is 0 Å². The molecule has 0 aromatic carbocycles. The summed E-state index contributed by atoms with van der Waals surface area (Å²) in [7, 11) is 0. The van der Waals surface area contributed by atoms with Crippen molar-refractivity contribution < 1.29 is 19.2 Å². The highest BCUT2D eigenvalue weighted by Gasteiger charge is 2.39. The van der Waals surface area contributed by atoms with Crippen molar-refractivity contribution in [1.82, 2.24) is 5.06 Å². The number of hydrogen-bond donors (Lipinski definition) is 0. The maximum absolute atomic E-state index is 11.3.